The molecular formula is C42H33ClF6N8O5S. The molecule has 0 aliphatic heterocycles. The van der Waals surface area contributed by atoms with Gasteiger partial charge in [-0.1, -0.05) is 41.9 Å². The van der Waals surface area contributed by atoms with E-state index in [4.69, 9.17) is 16.6 Å². The highest BCUT2D eigenvalue weighted by Gasteiger charge is 2.67. The Morgan fingerprint density at radius 3 is 2.46 bits per heavy atom. The monoisotopic (exact) mass is 910 g/mol. The SMILES string of the molecule is Cn1nc(NS(C)(=O)=O)c2c(Cl)ccc(-n3c([C@H](Cc4cc(F)cc(F)c4)NC(=O)Cn4nc(C(F)F)c5c4C(F)(F)C4CC54)nc4cc(-c5ccccc5CO)ccc4c3=O)c21. The molecule has 63 heavy (non-hydrogen) atoms. The largest absolute Gasteiger partial charge is 0.392 e. The molecule has 2 aliphatic carbocycles. The van der Waals surface area contributed by atoms with Crippen molar-refractivity contribution < 1.29 is 44.7 Å². The molecule has 2 unspecified atom stereocenters. The molecule has 0 bridgehead atoms. The quantitative estimate of drug-likeness (QED) is 0.109. The van der Waals surface area contributed by atoms with Gasteiger partial charge in [0.1, 0.15) is 35.4 Å². The lowest BCUT2D eigenvalue weighted by Crippen LogP contribution is -2.38. The third-order valence-corrected chi connectivity index (χ3v) is 12.2. The van der Waals surface area contributed by atoms with Crippen molar-refractivity contribution in [1.29, 1.82) is 0 Å². The van der Waals surface area contributed by atoms with E-state index in [0.717, 1.165) is 23.0 Å². The summed E-state index contributed by atoms with van der Waals surface area (Å²) in [6.45, 7) is -1.32. The number of carbonyl (C=O) groups is 1. The van der Waals surface area contributed by atoms with Crippen LogP contribution in [0.4, 0.5) is 32.2 Å². The molecule has 0 radical (unpaired) electrons. The van der Waals surface area contributed by atoms with Crippen LogP contribution in [0, 0.1) is 17.6 Å². The van der Waals surface area contributed by atoms with Gasteiger partial charge in [0.15, 0.2) is 5.82 Å². The van der Waals surface area contributed by atoms with Gasteiger partial charge in [0.2, 0.25) is 15.9 Å². The van der Waals surface area contributed by atoms with Gasteiger partial charge in [-0.25, -0.2) is 31.0 Å². The van der Waals surface area contributed by atoms with Crippen molar-refractivity contribution in [3.05, 3.63) is 134 Å². The third kappa shape index (κ3) is 7.38. The van der Waals surface area contributed by atoms with Crippen LogP contribution in [0.5, 0.6) is 0 Å². The number of carbonyl (C=O) groups excluding carboxylic acids is 1. The van der Waals surface area contributed by atoms with Crippen molar-refractivity contribution in [3.63, 3.8) is 0 Å². The summed E-state index contributed by atoms with van der Waals surface area (Å²) in [6.07, 6.45) is -2.81. The lowest BCUT2D eigenvalue weighted by atomic mass is 9.98. The molecule has 0 spiro atoms. The molecule has 3 N–H and O–H groups in total. The van der Waals surface area contributed by atoms with E-state index in [1.165, 1.54) is 29.9 Å². The topological polar surface area (TPSA) is 166 Å². The van der Waals surface area contributed by atoms with Crippen LogP contribution in [-0.2, 0) is 47.4 Å². The average molecular weight is 911 g/mol. The number of alkyl halides is 4. The minimum absolute atomic E-state index is 0.00469. The second kappa shape index (κ2) is 15.2. The maximum absolute atomic E-state index is 15.5. The lowest BCUT2D eigenvalue weighted by Gasteiger charge is -2.24. The number of nitrogens with one attached hydrogen (secondary N) is 2. The normalized spacial score (nSPS) is 17.0. The second-order valence-corrected chi connectivity index (χ2v) is 17.7. The highest BCUT2D eigenvalue weighted by Crippen LogP contribution is 2.68. The number of nitrogens with zero attached hydrogens (tertiary/aromatic N) is 6. The first-order valence-corrected chi connectivity index (χ1v) is 21.5. The van der Waals surface area contributed by atoms with Gasteiger partial charge in [0.05, 0.1) is 51.4 Å². The first-order valence-electron chi connectivity index (χ1n) is 19.2. The van der Waals surface area contributed by atoms with E-state index >= 15 is 13.6 Å². The molecule has 1 saturated carbocycles. The van der Waals surface area contributed by atoms with Gasteiger partial charge in [0.25, 0.3) is 17.9 Å². The maximum atomic E-state index is 15.5. The molecule has 326 valence electrons. The number of aliphatic hydroxyl groups excluding tert-OH is 1. The fourth-order valence-electron chi connectivity index (χ4n) is 8.69. The number of benzene rings is 4. The molecule has 3 atom stereocenters. The zero-order valence-electron chi connectivity index (χ0n) is 32.9. The average Bonchev–Trinajstić information content (AvgIpc) is 3.75. The molecule has 2 aliphatic rings. The molecule has 4 aromatic carbocycles. The molecular weight excluding hydrogens is 878 g/mol. The number of halogens is 7. The number of hydrogen-bond acceptors (Lipinski definition) is 8. The van der Waals surface area contributed by atoms with Gasteiger partial charge in [-0.2, -0.15) is 19.0 Å². The highest BCUT2D eigenvalue weighted by atomic mass is 35.5. The molecule has 0 saturated heterocycles. The Hall–Kier alpha value is -6.25. The summed E-state index contributed by atoms with van der Waals surface area (Å²) < 4.78 is 119. The van der Waals surface area contributed by atoms with Crippen molar-refractivity contribution in [1.82, 2.24) is 34.4 Å². The van der Waals surface area contributed by atoms with E-state index in [0.29, 0.717) is 27.4 Å². The molecule has 7 aromatic rings. The van der Waals surface area contributed by atoms with Gasteiger partial charge in [-0.05, 0) is 71.0 Å². The third-order valence-electron chi connectivity index (χ3n) is 11.3. The Balaban J connectivity index is 1.27. The summed E-state index contributed by atoms with van der Waals surface area (Å²) in [5.74, 6) is -9.11. The summed E-state index contributed by atoms with van der Waals surface area (Å²) in [5, 5.41) is 20.9. The zero-order valence-corrected chi connectivity index (χ0v) is 34.5. The van der Waals surface area contributed by atoms with E-state index in [9.17, 15) is 35.9 Å². The lowest BCUT2D eigenvalue weighted by molar-refractivity contribution is -0.123. The summed E-state index contributed by atoms with van der Waals surface area (Å²) in [6, 6.07) is 15.4. The number of amides is 1. The molecule has 9 rings (SSSR count). The molecule has 1 fully saturated rings. The van der Waals surface area contributed by atoms with Crippen molar-refractivity contribution >= 4 is 55.2 Å². The van der Waals surface area contributed by atoms with Crippen LogP contribution < -0.4 is 15.6 Å². The highest BCUT2D eigenvalue weighted by molar-refractivity contribution is 7.92. The smallest absolute Gasteiger partial charge is 0.293 e. The van der Waals surface area contributed by atoms with Crippen LogP contribution >= 0.6 is 11.6 Å². The first kappa shape index (κ1) is 42.1. The summed E-state index contributed by atoms with van der Waals surface area (Å²) in [4.78, 5) is 34.1. The summed E-state index contributed by atoms with van der Waals surface area (Å²) in [5.41, 5.74) is -0.925. The minimum atomic E-state index is -3.92. The van der Waals surface area contributed by atoms with Gasteiger partial charge in [0, 0.05) is 31.0 Å². The predicted octanol–water partition coefficient (Wildman–Crippen LogP) is 7.18. The summed E-state index contributed by atoms with van der Waals surface area (Å²) >= 11 is 6.63. The second-order valence-electron chi connectivity index (χ2n) is 15.6. The number of aryl methyl sites for hydroxylation is 1. The van der Waals surface area contributed by atoms with Crippen LogP contribution in [-0.4, -0.2) is 54.8 Å². The van der Waals surface area contributed by atoms with Crippen LogP contribution in [0.1, 0.15) is 58.7 Å². The Bertz CT molecular complexity index is 3210. The van der Waals surface area contributed by atoms with Crippen LogP contribution in [0.25, 0.3) is 38.6 Å². The molecule has 1 amide bonds. The number of hydrogen-bond donors (Lipinski definition) is 3. The number of sulfonamides is 1. The Morgan fingerprint density at radius 2 is 1.76 bits per heavy atom. The van der Waals surface area contributed by atoms with Crippen LogP contribution in [0.2, 0.25) is 5.02 Å². The van der Waals surface area contributed by atoms with Crippen molar-refractivity contribution in [3.8, 4) is 16.8 Å². The Labute approximate surface area is 358 Å². The van der Waals surface area contributed by atoms with Crippen molar-refractivity contribution in [2.24, 2.45) is 13.0 Å². The minimum Gasteiger partial charge on any atom is -0.392 e. The van der Waals surface area contributed by atoms with Crippen molar-refractivity contribution in [2.45, 2.75) is 50.3 Å². The van der Waals surface area contributed by atoms with E-state index < -0.39 is 87.7 Å². The standard InChI is InChI=1S/C42H33ClF6N8O5S/c1-55-36-31(10-9-28(43)34(36)39(53-55)54-63(2,61)62)57-40(51-29-14-20(7-8-25(29)41(57)60)24-6-4-3-5-21(24)18-58)30(13-19-11-22(44)15-23(45)12-19)50-32(59)17-56-37-33(35(52-56)38(46)47)26-16-27(26)42(37,48)49/h3-12,14-15,26-27,30,38,58H,13,16-18H2,1-2H3,(H,50,59)(H,53,54)/t26?,27?,30-/m0/s1. The maximum Gasteiger partial charge on any atom is 0.293 e. The molecule has 21 heteroatoms. The number of aliphatic hydroxyl groups is 1. The van der Waals surface area contributed by atoms with Gasteiger partial charge in [-0.3, -0.25) is 28.2 Å². The van der Waals surface area contributed by atoms with E-state index in [1.807, 2.05) is 0 Å². The van der Waals surface area contributed by atoms with Crippen molar-refractivity contribution in [2.75, 3.05) is 11.0 Å². The van der Waals surface area contributed by atoms with Gasteiger partial charge < -0.3 is 10.4 Å². The summed E-state index contributed by atoms with van der Waals surface area (Å²) in [7, 11) is -2.47. The number of fused-ring (bicyclic) bond motifs is 5. The molecule has 13 nitrogen and oxygen atoms in total. The molecule has 3 heterocycles. The van der Waals surface area contributed by atoms with Gasteiger partial charge >= 0.3 is 0 Å². The number of anilines is 1. The molecule has 3 aromatic heterocycles. The van der Waals surface area contributed by atoms with E-state index in [2.05, 4.69) is 20.2 Å². The van der Waals surface area contributed by atoms with Gasteiger partial charge in [-0.15, -0.1) is 0 Å². The van der Waals surface area contributed by atoms with E-state index in [1.54, 1.807) is 36.4 Å². The van der Waals surface area contributed by atoms with E-state index in [-0.39, 0.29) is 68.3 Å². The zero-order chi connectivity index (χ0) is 44.9. The fraction of sp³-hybridized carbons (Fsp3) is 0.262. The van der Waals surface area contributed by atoms with Crippen LogP contribution in [0.15, 0.2) is 77.6 Å². The fourth-order valence-corrected chi connectivity index (χ4v) is 9.42. The number of aromatic nitrogens is 6. The first-order chi connectivity index (χ1) is 29.8. The predicted molar refractivity (Wildman–Crippen MR) is 219 cm³/mol. The number of rotatable bonds is 12. The Kier molecular flexibility index (Phi) is 10.2. The van der Waals surface area contributed by atoms with Crippen LogP contribution in [0.3, 0.4) is 0 Å². The Morgan fingerprint density at radius 1 is 1.03 bits per heavy atom.